The fraction of sp³-hybridized carbons (Fsp3) is 0.368. The molecule has 2 aromatic carbocycles. The molecule has 1 atom stereocenters. The van der Waals surface area contributed by atoms with Crippen molar-refractivity contribution < 1.29 is 0 Å². The van der Waals surface area contributed by atoms with Gasteiger partial charge in [-0.05, 0) is 42.4 Å². The van der Waals surface area contributed by atoms with Crippen LogP contribution in [0.2, 0.25) is 0 Å². The van der Waals surface area contributed by atoms with Gasteiger partial charge in [0.1, 0.15) is 0 Å². The summed E-state index contributed by atoms with van der Waals surface area (Å²) in [6, 6.07) is 17.8. The molecule has 0 amide bonds. The van der Waals surface area contributed by atoms with Crippen molar-refractivity contribution in [3.8, 4) is 0 Å². The number of benzene rings is 2. The van der Waals surface area contributed by atoms with Crippen molar-refractivity contribution in [2.75, 3.05) is 0 Å². The number of nitrogens with two attached hydrogens (primary N) is 1. The number of aryl methyl sites for hydroxylation is 1. The summed E-state index contributed by atoms with van der Waals surface area (Å²) >= 11 is 0. The second kappa shape index (κ2) is 7.39. The summed E-state index contributed by atoms with van der Waals surface area (Å²) in [5, 5.41) is 0. The smallest absolute Gasteiger partial charge is 0.0291 e. The number of rotatable bonds is 6. The Bertz CT molecular complexity index is 541. The van der Waals surface area contributed by atoms with Crippen LogP contribution in [0.4, 0.5) is 0 Å². The molecule has 3 N–H and O–H groups in total. The molecule has 2 rings (SSSR count). The predicted octanol–water partition coefficient (Wildman–Crippen LogP) is 3.74. The van der Waals surface area contributed by atoms with E-state index in [9.17, 15) is 0 Å². The third-order valence-corrected chi connectivity index (χ3v) is 3.97. The minimum absolute atomic E-state index is 0.262. The van der Waals surface area contributed by atoms with Crippen LogP contribution in [0.3, 0.4) is 0 Å². The van der Waals surface area contributed by atoms with Gasteiger partial charge in [0.15, 0.2) is 0 Å². The van der Waals surface area contributed by atoms with Crippen LogP contribution in [0.5, 0.6) is 0 Å². The molecule has 0 fully saturated rings. The average Bonchev–Trinajstić information content (AvgIpc) is 2.49. The third kappa shape index (κ3) is 4.69. The van der Waals surface area contributed by atoms with Crippen molar-refractivity contribution >= 4 is 0 Å². The molecule has 0 heterocycles. The van der Waals surface area contributed by atoms with Crippen LogP contribution in [0.15, 0.2) is 48.5 Å². The zero-order valence-electron chi connectivity index (χ0n) is 13.3. The lowest BCUT2D eigenvalue weighted by molar-refractivity contribution is 0.522. The molecule has 21 heavy (non-hydrogen) atoms. The normalized spacial score (nSPS) is 12.6. The molecule has 0 spiro atoms. The molecule has 0 aliphatic heterocycles. The van der Waals surface area contributed by atoms with E-state index >= 15 is 0 Å². The molecule has 0 radical (unpaired) electrons. The molecule has 2 heteroatoms. The van der Waals surface area contributed by atoms with Gasteiger partial charge in [0.2, 0.25) is 0 Å². The Hall–Kier alpha value is -1.64. The maximum atomic E-state index is 5.73. The molecule has 0 bridgehead atoms. The molecule has 0 aliphatic carbocycles. The van der Waals surface area contributed by atoms with Gasteiger partial charge in [-0.25, -0.2) is 0 Å². The zero-order chi connectivity index (χ0) is 15.2. The van der Waals surface area contributed by atoms with Crippen LogP contribution >= 0.6 is 0 Å². The van der Waals surface area contributed by atoms with Gasteiger partial charge in [-0.3, -0.25) is 11.3 Å². The summed E-state index contributed by atoms with van der Waals surface area (Å²) < 4.78 is 0. The summed E-state index contributed by atoms with van der Waals surface area (Å²) in [6.07, 6.45) is 1.89. The van der Waals surface area contributed by atoms with Crippen molar-refractivity contribution in [1.82, 2.24) is 5.43 Å². The van der Waals surface area contributed by atoms with Gasteiger partial charge in [0.25, 0.3) is 0 Å². The Labute approximate surface area is 128 Å². The van der Waals surface area contributed by atoms with E-state index in [1.165, 1.54) is 22.3 Å². The van der Waals surface area contributed by atoms with E-state index in [-0.39, 0.29) is 6.04 Å². The van der Waals surface area contributed by atoms with Crippen LogP contribution in [0, 0.1) is 6.92 Å². The van der Waals surface area contributed by atoms with Gasteiger partial charge in [0.05, 0.1) is 0 Å². The molecule has 0 aromatic heterocycles. The number of hydrogen-bond acceptors (Lipinski definition) is 2. The van der Waals surface area contributed by atoms with E-state index < -0.39 is 0 Å². The quantitative estimate of drug-likeness (QED) is 0.626. The Kier molecular flexibility index (Phi) is 5.54. The van der Waals surface area contributed by atoms with E-state index in [1.54, 1.807) is 0 Å². The van der Waals surface area contributed by atoms with Crippen LogP contribution in [0.1, 0.15) is 42.0 Å². The zero-order valence-corrected chi connectivity index (χ0v) is 13.3. The first-order chi connectivity index (χ1) is 10.1. The SMILES string of the molecule is Cc1ccc(CC(Cc2ccc(C(C)C)cc2)NN)cc1. The van der Waals surface area contributed by atoms with Crippen LogP contribution in [0.25, 0.3) is 0 Å². The summed E-state index contributed by atoms with van der Waals surface area (Å²) in [4.78, 5) is 0. The molecule has 1 unspecified atom stereocenters. The second-order valence-electron chi connectivity index (χ2n) is 6.15. The molecule has 0 aliphatic rings. The van der Waals surface area contributed by atoms with Gasteiger partial charge in [-0.15, -0.1) is 0 Å². The summed E-state index contributed by atoms with van der Waals surface area (Å²) in [6.45, 7) is 6.55. The molecule has 2 nitrogen and oxygen atoms in total. The fourth-order valence-corrected chi connectivity index (χ4v) is 2.52. The number of nitrogens with one attached hydrogen (secondary N) is 1. The molecular weight excluding hydrogens is 256 g/mol. The molecule has 0 saturated carbocycles. The largest absolute Gasteiger partial charge is 0.271 e. The first-order valence-corrected chi connectivity index (χ1v) is 7.69. The van der Waals surface area contributed by atoms with Crippen molar-refractivity contribution in [3.63, 3.8) is 0 Å². The van der Waals surface area contributed by atoms with Gasteiger partial charge < -0.3 is 0 Å². The Balaban J connectivity index is 1.99. The fourth-order valence-electron chi connectivity index (χ4n) is 2.52. The van der Waals surface area contributed by atoms with E-state index in [4.69, 9.17) is 5.84 Å². The maximum Gasteiger partial charge on any atom is 0.0291 e. The topological polar surface area (TPSA) is 38.0 Å². The highest BCUT2D eigenvalue weighted by atomic mass is 15.2. The van der Waals surface area contributed by atoms with Crippen LogP contribution in [-0.4, -0.2) is 6.04 Å². The number of hydrazine groups is 1. The van der Waals surface area contributed by atoms with Crippen molar-refractivity contribution in [3.05, 3.63) is 70.8 Å². The molecular formula is C19H26N2. The van der Waals surface area contributed by atoms with Crippen LogP contribution < -0.4 is 11.3 Å². The first-order valence-electron chi connectivity index (χ1n) is 7.69. The van der Waals surface area contributed by atoms with Gasteiger partial charge >= 0.3 is 0 Å². The summed E-state index contributed by atoms with van der Waals surface area (Å²) in [5.74, 6) is 6.31. The lowest BCUT2D eigenvalue weighted by Crippen LogP contribution is -2.38. The standard InChI is InChI=1S/C19H26N2/c1-14(2)18-10-8-17(9-11-18)13-19(21-20)12-16-6-4-15(3)5-7-16/h4-11,14,19,21H,12-13,20H2,1-3H3. The van der Waals surface area contributed by atoms with Gasteiger partial charge in [0, 0.05) is 6.04 Å². The Morgan fingerprint density at radius 1 is 0.857 bits per heavy atom. The lowest BCUT2D eigenvalue weighted by Gasteiger charge is -2.17. The first kappa shape index (κ1) is 15.7. The lowest BCUT2D eigenvalue weighted by atomic mass is 9.96. The Morgan fingerprint density at radius 3 is 1.76 bits per heavy atom. The minimum Gasteiger partial charge on any atom is -0.271 e. The van der Waals surface area contributed by atoms with Crippen molar-refractivity contribution in [2.24, 2.45) is 5.84 Å². The minimum atomic E-state index is 0.262. The van der Waals surface area contributed by atoms with E-state index in [2.05, 4.69) is 74.7 Å². The third-order valence-electron chi connectivity index (χ3n) is 3.97. The van der Waals surface area contributed by atoms with E-state index in [0.29, 0.717) is 5.92 Å². The van der Waals surface area contributed by atoms with Gasteiger partial charge in [-0.2, -0.15) is 0 Å². The monoisotopic (exact) mass is 282 g/mol. The maximum absolute atomic E-state index is 5.73. The highest BCUT2D eigenvalue weighted by Crippen LogP contribution is 2.16. The summed E-state index contributed by atoms with van der Waals surface area (Å²) in [5.41, 5.74) is 8.28. The van der Waals surface area contributed by atoms with Crippen molar-refractivity contribution in [2.45, 2.75) is 45.6 Å². The highest BCUT2D eigenvalue weighted by Gasteiger charge is 2.09. The van der Waals surface area contributed by atoms with Crippen molar-refractivity contribution in [1.29, 1.82) is 0 Å². The average molecular weight is 282 g/mol. The van der Waals surface area contributed by atoms with Crippen LogP contribution in [-0.2, 0) is 12.8 Å². The Morgan fingerprint density at radius 2 is 1.33 bits per heavy atom. The summed E-state index contributed by atoms with van der Waals surface area (Å²) in [7, 11) is 0. The molecule has 0 saturated heterocycles. The van der Waals surface area contributed by atoms with E-state index in [0.717, 1.165) is 12.8 Å². The predicted molar refractivity (Wildman–Crippen MR) is 90.2 cm³/mol. The second-order valence-corrected chi connectivity index (χ2v) is 6.15. The highest BCUT2D eigenvalue weighted by molar-refractivity contribution is 5.26. The molecule has 2 aromatic rings. The molecule has 112 valence electrons. The van der Waals surface area contributed by atoms with E-state index in [1.807, 2.05) is 0 Å². The van der Waals surface area contributed by atoms with Gasteiger partial charge in [-0.1, -0.05) is 67.9 Å². The number of hydrogen-bond donors (Lipinski definition) is 2.